The van der Waals surface area contributed by atoms with Gasteiger partial charge in [-0.1, -0.05) is 0 Å². The first-order valence-electron chi connectivity index (χ1n) is 4.41. The maximum absolute atomic E-state index is 12.1. The fourth-order valence-corrected chi connectivity index (χ4v) is 1.21. The van der Waals surface area contributed by atoms with Gasteiger partial charge in [0.2, 0.25) is 0 Å². The lowest BCUT2D eigenvalue weighted by atomic mass is 10.1. The number of carbonyl (C=O) groups is 1. The second kappa shape index (κ2) is 5.25. The molecule has 1 aromatic carbocycles. The molecular weight excluding hydrogens is 256 g/mol. The van der Waals surface area contributed by atoms with E-state index in [1.54, 1.807) is 0 Å². The van der Waals surface area contributed by atoms with Crippen LogP contribution >= 0.6 is 0 Å². The Morgan fingerprint density at radius 3 is 2.50 bits per heavy atom. The zero-order chi connectivity index (χ0) is 13.9. The molecule has 0 bridgehead atoms. The minimum absolute atomic E-state index is 0.457. The van der Waals surface area contributed by atoms with Crippen molar-refractivity contribution >= 4 is 11.7 Å². The quantitative estimate of drug-likeness (QED) is 0.643. The maximum Gasteiger partial charge on any atom is 0.387 e. The van der Waals surface area contributed by atoms with Gasteiger partial charge in [-0.3, -0.25) is 10.1 Å². The molecule has 1 N–H and O–H groups in total. The number of nitrogens with zero attached hydrogens (tertiary/aromatic N) is 1. The summed E-state index contributed by atoms with van der Waals surface area (Å²) in [6.45, 7) is -3.28. The fraction of sp³-hybridized carbons (Fsp3) is 0.222. The molecule has 0 saturated carbocycles. The van der Waals surface area contributed by atoms with Crippen LogP contribution in [0.15, 0.2) is 12.1 Å². The molecule has 0 saturated heterocycles. The summed E-state index contributed by atoms with van der Waals surface area (Å²) < 4.78 is 32.9. The summed E-state index contributed by atoms with van der Waals surface area (Å²) in [5.74, 6) is -2.86. The van der Waals surface area contributed by atoms with E-state index in [4.69, 9.17) is 5.11 Å². The van der Waals surface area contributed by atoms with Crippen molar-refractivity contribution in [2.45, 2.75) is 6.61 Å². The molecule has 0 fully saturated rings. The van der Waals surface area contributed by atoms with E-state index in [0.29, 0.717) is 6.07 Å². The number of aromatic carboxylic acids is 1. The number of nitro benzene ring substituents is 1. The van der Waals surface area contributed by atoms with E-state index in [0.717, 1.165) is 13.2 Å². The van der Waals surface area contributed by atoms with Gasteiger partial charge in [0.05, 0.1) is 18.1 Å². The van der Waals surface area contributed by atoms with Crippen molar-refractivity contribution in [3.63, 3.8) is 0 Å². The Hall–Kier alpha value is -2.45. The molecule has 9 heteroatoms. The number of carboxylic acid groups (broad SMARTS) is 1. The molecule has 18 heavy (non-hydrogen) atoms. The van der Waals surface area contributed by atoms with E-state index >= 15 is 0 Å². The Balaban J connectivity index is 3.45. The van der Waals surface area contributed by atoms with Gasteiger partial charge in [0.15, 0.2) is 11.5 Å². The third-order valence-electron chi connectivity index (χ3n) is 1.91. The third-order valence-corrected chi connectivity index (χ3v) is 1.91. The molecule has 0 atom stereocenters. The molecule has 0 aliphatic carbocycles. The van der Waals surface area contributed by atoms with Crippen LogP contribution in [0.3, 0.4) is 0 Å². The second-order valence-corrected chi connectivity index (χ2v) is 2.97. The number of methoxy groups -OCH3 is 1. The average molecular weight is 263 g/mol. The highest BCUT2D eigenvalue weighted by Gasteiger charge is 2.24. The number of hydrogen-bond acceptors (Lipinski definition) is 5. The Morgan fingerprint density at radius 2 is 2.11 bits per heavy atom. The molecule has 0 aliphatic heterocycles. The van der Waals surface area contributed by atoms with Gasteiger partial charge in [0.1, 0.15) is 5.56 Å². The number of ether oxygens (including phenoxy) is 2. The molecule has 0 radical (unpaired) electrons. The number of nitro groups is 1. The summed E-state index contributed by atoms with van der Waals surface area (Å²) in [5.41, 5.74) is -1.38. The van der Waals surface area contributed by atoms with E-state index in [1.165, 1.54) is 0 Å². The molecule has 1 aromatic rings. The molecule has 0 amide bonds. The van der Waals surface area contributed by atoms with E-state index in [9.17, 15) is 23.7 Å². The van der Waals surface area contributed by atoms with Crippen molar-refractivity contribution < 1.29 is 33.1 Å². The predicted molar refractivity (Wildman–Crippen MR) is 53.2 cm³/mol. The van der Waals surface area contributed by atoms with Crippen molar-refractivity contribution in [3.05, 3.63) is 27.8 Å². The smallest absolute Gasteiger partial charge is 0.387 e. The first kappa shape index (κ1) is 13.6. The number of alkyl halides is 2. The average Bonchev–Trinajstić information content (AvgIpc) is 2.27. The number of halogens is 2. The maximum atomic E-state index is 12.1. The van der Waals surface area contributed by atoms with E-state index in [-0.39, 0.29) is 0 Å². The van der Waals surface area contributed by atoms with Crippen LogP contribution in [-0.2, 0) is 0 Å². The largest absolute Gasteiger partial charge is 0.493 e. The lowest BCUT2D eigenvalue weighted by Crippen LogP contribution is -2.10. The minimum atomic E-state index is -3.28. The summed E-state index contributed by atoms with van der Waals surface area (Å²) in [6.07, 6.45) is 0. The number of non-ortho nitro benzene ring substituents is 1. The van der Waals surface area contributed by atoms with Crippen molar-refractivity contribution in [2.24, 2.45) is 0 Å². The number of hydrogen-bond donors (Lipinski definition) is 1. The van der Waals surface area contributed by atoms with Crippen molar-refractivity contribution in [3.8, 4) is 11.5 Å². The summed E-state index contributed by atoms with van der Waals surface area (Å²) in [7, 11) is 1.04. The van der Waals surface area contributed by atoms with Crippen molar-refractivity contribution in [2.75, 3.05) is 7.11 Å². The Morgan fingerprint density at radius 1 is 1.50 bits per heavy atom. The molecule has 0 heterocycles. The number of carboxylic acids is 1. The van der Waals surface area contributed by atoms with Crippen LogP contribution in [0, 0.1) is 10.1 Å². The first-order chi connectivity index (χ1) is 8.36. The standard InChI is InChI=1S/C9H7F2NO6/c1-17-6-3-4(12(15)16)2-5(8(13)14)7(6)18-9(10)11/h2-3,9H,1H3,(H,13,14). The molecule has 7 nitrogen and oxygen atoms in total. The molecule has 0 aromatic heterocycles. The van der Waals surface area contributed by atoms with Crippen molar-refractivity contribution in [1.82, 2.24) is 0 Å². The molecular formula is C9H7F2NO6. The molecule has 98 valence electrons. The number of benzene rings is 1. The van der Waals surface area contributed by atoms with Crippen molar-refractivity contribution in [1.29, 1.82) is 0 Å². The highest BCUT2D eigenvalue weighted by molar-refractivity contribution is 5.93. The zero-order valence-corrected chi connectivity index (χ0v) is 8.92. The molecule has 0 aliphatic rings. The van der Waals surface area contributed by atoms with Gasteiger partial charge >= 0.3 is 12.6 Å². The lowest BCUT2D eigenvalue weighted by Gasteiger charge is -2.12. The minimum Gasteiger partial charge on any atom is -0.493 e. The molecule has 1 rings (SSSR count). The zero-order valence-electron chi connectivity index (χ0n) is 8.92. The second-order valence-electron chi connectivity index (χ2n) is 2.97. The van der Waals surface area contributed by atoms with Gasteiger partial charge in [0, 0.05) is 6.07 Å². The normalized spacial score (nSPS) is 10.2. The lowest BCUT2D eigenvalue weighted by molar-refractivity contribution is -0.385. The monoisotopic (exact) mass is 263 g/mol. The van der Waals surface area contributed by atoms with E-state index in [1.807, 2.05) is 0 Å². The van der Waals surface area contributed by atoms with Crippen LogP contribution in [0.4, 0.5) is 14.5 Å². The van der Waals surface area contributed by atoms with Crippen LogP contribution in [-0.4, -0.2) is 29.7 Å². The van der Waals surface area contributed by atoms with Gasteiger partial charge in [-0.15, -0.1) is 0 Å². The van der Waals surface area contributed by atoms with Crippen LogP contribution in [0.1, 0.15) is 10.4 Å². The van der Waals surface area contributed by atoms with Crippen LogP contribution in [0.25, 0.3) is 0 Å². The van der Waals surface area contributed by atoms with Gasteiger partial charge in [-0.05, 0) is 0 Å². The van der Waals surface area contributed by atoms with Gasteiger partial charge < -0.3 is 14.6 Å². The fourth-order valence-electron chi connectivity index (χ4n) is 1.21. The summed E-state index contributed by atoms with van der Waals surface area (Å²) in [4.78, 5) is 20.5. The highest BCUT2D eigenvalue weighted by Crippen LogP contribution is 2.36. The first-order valence-corrected chi connectivity index (χ1v) is 4.41. The SMILES string of the molecule is COc1cc([N+](=O)[O-])cc(C(=O)O)c1OC(F)F. The highest BCUT2D eigenvalue weighted by atomic mass is 19.3. The van der Waals surface area contributed by atoms with Gasteiger partial charge in [-0.25, -0.2) is 4.79 Å². The summed E-state index contributed by atoms with van der Waals surface area (Å²) >= 11 is 0. The predicted octanol–water partition coefficient (Wildman–Crippen LogP) is 1.90. The van der Waals surface area contributed by atoms with Crippen LogP contribution < -0.4 is 9.47 Å². The van der Waals surface area contributed by atoms with Gasteiger partial charge in [-0.2, -0.15) is 8.78 Å². The van der Waals surface area contributed by atoms with Crippen LogP contribution in [0.2, 0.25) is 0 Å². The van der Waals surface area contributed by atoms with Crippen LogP contribution in [0.5, 0.6) is 11.5 Å². The Labute approximate surface area is 98.7 Å². The molecule has 0 unspecified atom stereocenters. The summed E-state index contributed by atoms with van der Waals surface area (Å²) in [5, 5.41) is 19.3. The Kier molecular flexibility index (Phi) is 3.97. The summed E-state index contributed by atoms with van der Waals surface area (Å²) in [6, 6.07) is 1.41. The topological polar surface area (TPSA) is 98.9 Å². The third kappa shape index (κ3) is 2.81. The van der Waals surface area contributed by atoms with E-state index < -0.39 is 40.3 Å². The van der Waals surface area contributed by atoms with Gasteiger partial charge in [0.25, 0.3) is 5.69 Å². The number of rotatable bonds is 5. The van der Waals surface area contributed by atoms with E-state index in [2.05, 4.69) is 9.47 Å². The Bertz CT molecular complexity index is 490. The molecule has 0 spiro atoms.